The minimum absolute atomic E-state index is 0.130. The van der Waals surface area contributed by atoms with E-state index in [0.717, 1.165) is 39.6 Å². The van der Waals surface area contributed by atoms with Gasteiger partial charge in [-0.1, -0.05) is 6.92 Å². The van der Waals surface area contributed by atoms with Gasteiger partial charge in [-0.25, -0.2) is 24.7 Å². The van der Waals surface area contributed by atoms with E-state index in [1.54, 1.807) is 30.7 Å². The fourth-order valence-electron chi connectivity index (χ4n) is 4.39. The molecule has 194 valence electrons. The third-order valence-corrected chi connectivity index (χ3v) is 7.66. The van der Waals surface area contributed by atoms with Crippen LogP contribution in [0.5, 0.6) is 5.88 Å². The molecule has 3 aromatic heterocycles. The van der Waals surface area contributed by atoms with Crippen LogP contribution in [0.15, 0.2) is 41.2 Å². The third-order valence-electron chi connectivity index (χ3n) is 6.56. The molecule has 1 unspecified atom stereocenters. The molecule has 2 N–H and O–H groups in total. The lowest BCUT2D eigenvalue weighted by Gasteiger charge is -2.39. The van der Waals surface area contributed by atoms with Crippen LogP contribution >= 0.6 is 11.3 Å². The van der Waals surface area contributed by atoms with Gasteiger partial charge in [0.05, 0.1) is 36.1 Å². The molecule has 2 aliphatic heterocycles. The number of carboxylic acid groups (broad SMARTS) is 1. The molecule has 12 heteroatoms. The molecule has 0 radical (unpaired) electrons. The van der Waals surface area contributed by atoms with Crippen molar-refractivity contribution in [3.63, 3.8) is 0 Å². The van der Waals surface area contributed by atoms with Crippen LogP contribution in [0.25, 0.3) is 21.6 Å². The number of ether oxygens (including phenoxy) is 2. The Morgan fingerprint density at radius 2 is 2.14 bits per heavy atom. The average molecular weight is 524 g/mol. The molecule has 5 heterocycles. The molecule has 1 saturated heterocycles. The van der Waals surface area contributed by atoms with Crippen LogP contribution in [0.1, 0.15) is 18.2 Å². The van der Waals surface area contributed by atoms with E-state index in [9.17, 15) is 9.90 Å². The fraction of sp³-hybridized carbons (Fsp3) is 0.400. The highest BCUT2D eigenvalue weighted by Gasteiger charge is 2.34. The average Bonchev–Trinajstić information content (AvgIpc) is 3.35. The van der Waals surface area contributed by atoms with Crippen LogP contribution in [0, 0.1) is 0 Å². The van der Waals surface area contributed by atoms with Gasteiger partial charge in [-0.2, -0.15) is 0 Å². The van der Waals surface area contributed by atoms with Gasteiger partial charge in [0.1, 0.15) is 0 Å². The first-order valence-corrected chi connectivity index (χ1v) is 12.9. The molecule has 0 saturated carbocycles. The van der Waals surface area contributed by atoms with E-state index < -0.39 is 11.8 Å². The van der Waals surface area contributed by atoms with Crippen LogP contribution in [0.2, 0.25) is 0 Å². The number of fused-ring (bicyclic) bond motifs is 1. The van der Waals surface area contributed by atoms with Crippen molar-refractivity contribution in [2.75, 3.05) is 45.4 Å². The highest BCUT2D eigenvalue weighted by Crippen LogP contribution is 2.36. The number of thiophene rings is 1. The second-order valence-electron chi connectivity index (χ2n) is 8.82. The summed E-state index contributed by atoms with van der Waals surface area (Å²) in [5.41, 5.74) is 1.81. The van der Waals surface area contributed by atoms with Crippen LogP contribution in [0.4, 0.5) is 5.82 Å². The topological polar surface area (TPSA) is 125 Å². The third kappa shape index (κ3) is 4.99. The quantitative estimate of drug-likeness (QED) is 0.455. The Bertz CT molecular complexity index is 1350. The molecule has 1 fully saturated rings. The first kappa shape index (κ1) is 25.1. The Kier molecular flexibility index (Phi) is 7.04. The summed E-state index contributed by atoms with van der Waals surface area (Å²) in [7, 11) is 3.56. The van der Waals surface area contributed by atoms with Gasteiger partial charge in [0.25, 0.3) is 0 Å². The summed E-state index contributed by atoms with van der Waals surface area (Å²) in [5, 5.41) is 12.4. The summed E-state index contributed by atoms with van der Waals surface area (Å²) in [6.07, 6.45) is 5.31. The molecule has 0 aliphatic carbocycles. The molecule has 1 atom stereocenters. The molecular weight excluding hydrogens is 494 g/mol. The predicted molar refractivity (Wildman–Crippen MR) is 142 cm³/mol. The van der Waals surface area contributed by atoms with Gasteiger partial charge in [-0.3, -0.25) is 4.90 Å². The van der Waals surface area contributed by atoms with Crippen molar-refractivity contribution >= 4 is 39.6 Å². The molecule has 0 aromatic carbocycles. The van der Waals surface area contributed by atoms with Crippen molar-refractivity contribution in [3.05, 3.63) is 41.0 Å². The number of aliphatic carboxylic acids is 1. The van der Waals surface area contributed by atoms with Crippen molar-refractivity contribution in [1.29, 1.82) is 0 Å². The minimum Gasteiger partial charge on any atom is -0.481 e. The van der Waals surface area contributed by atoms with E-state index in [1.807, 2.05) is 20.0 Å². The first-order valence-electron chi connectivity index (χ1n) is 12.0. The zero-order chi connectivity index (χ0) is 26.0. The summed E-state index contributed by atoms with van der Waals surface area (Å²) in [5.74, 6) is 0.301. The molecule has 0 amide bonds. The van der Waals surface area contributed by atoms with Gasteiger partial charge in [0.2, 0.25) is 5.88 Å². The summed E-state index contributed by atoms with van der Waals surface area (Å²) in [6, 6.07) is 5.81. The monoisotopic (exact) mass is 523 g/mol. The number of anilines is 1. The van der Waals surface area contributed by atoms with Gasteiger partial charge in [0.15, 0.2) is 17.4 Å². The Morgan fingerprint density at radius 3 is 2.76 bits per heavy atom. The van der Waals surface area contributed by atoms with Gasteiger partial charge >= 0.3 is 5.97 Å². The van der Waals surface area contributed by atoms with Crippen molar-refractivity contribution in [2.24, 2.45) is 4.99 Å². The number of hydrogen-bond donors (Lipinski definition) is 2. The maximum Gasteiger partial charge on any atom is 0.338 e. The lowest BCUT2D eigenvalue weighted by Crippen LogP contribution is -2.55. The number of carboxylic acids is 1. The van der Waals surface area contributed by atoms with Crippen molar-refractivity contribution < 1.29 is 19.4 Å². The smallest absolute Gasteiger partial charge is 0.338 e. The van der Waals surface area contributed by atoms with Crippen LogP contribution in [0.3, 0.4) is 0 Å². The summed E-state index contributed by atoms with van der Waals surface area (Å²) >= 11 is 1.66. The zero-order valence-corrected chi connectivity index (χ0v) is 21.8. The van der Waals surface area contributed by atoms with Gasteiger partial charge in [-0.05, 0) is 19.2 Å². The molecule has 5 rings (SSSR count). The van der Waals surface area contributed by atoms with E-state index in [4.69, 9.17) is 19.4 Å². The van der Waals surface area contributed by atoms with E-state index in [0.29, 0.717) is 37.9 Å². The maximum absolute atomic E-state index is 11.3. The molecular formula is C25H29N7O4S. The SMILES string of the molecule is CCC1(N(C)Cc2cc3nc(-c4ccc(OC)nc4)nc(N4CCOCC4)c3s2)N=CC(C(=O)O)=CN1. The lowest BCUT2D eigenvalue weighted by molar-refractivity contribution is -0.132. The normalized spacial score (nSPS) is 19.7. The first-order chi connectivity index (χ1) is 17.9. The molecule has 2 aliphatic rings. The second-order valence-corrected chi connectivity index (χ2v) is 9.96. The highest BCUT2D eigenvalue weighted by atomic mass is 32.1. The highest BCUT2D eigenvalue weighted by molar-refractivity contribution is 7.19. The second kappa shape index (κ2) is 10.4. The van der Waals surface area contributed by atoms with Crippen molar-refractivity contribution in [2.45, 2.75) is 25.7 Å². The summed E-state index contributed by atoms with van der Waals surface area (Å²) < 4.78 is 11.8. The number of rotatable bonds is 8. The zero-order valence-electron chi connectivity index (χ0n) is 21.0. The predicted octanol–water partition coefficient (Wildman–Crippen LogP) is 2.74. The molecule has 0 bridgehead atoms. The summed E-state index contributed by atoms with van der Waals surface area (Å²) in [4.78, 5) is 35.5. The Morgan fingerprint density at radius 1 is 1.32 bits per heavy atom. The van der Waals surface area contributed by atoms with Crippen molar-refractivity contribution in [1.82, 2.24) is 25.2 Å². The van der Waals surface area contributed by atoms with E-state index >= 15 is 0 Å². The summed E-state index contributed by atoms with van der Waals surface area (Å²) in [6.45, 7) is 5.44. The number of aromatic nitrogens is 3. The van der Waals surface area contributed by atoms with Crippen LogP contribution < -0.4 is 15.0 Å². The standard InChI is InChI=1S/C25H29N7O4S/c1-4-25(27-13-17(14-28-25)24(33)34)31(2)15-18-11-19-21(37-18)23(32-7-9-36-10-8-32)30-22(29-19)16-5-6-20(35-3)26-12-16/h5-6,11-14,27H,4,7-10,15H2,1-3H3,(H,33,34). The Balaban J connectivity index is 1.48. The Labute approximate surface area is 218 Å². The molecule has 0 spiro atoms. The largest absolute Gasteiger partial charge is 0.481 e. The number of morpholine rings is 1. The molecule has 11 nitrogen and oxygen atoms in total. The van der Waals surface area contributed by atoms with Crippen molar-refractivity contribution in [3.8, 4) is 17.3 Å². The number of hydrogen-bond acceptors (Lipinski definition) is 11. The van der Waals surface area contributed by atoms with E-state index in [1.165, 1.54) is 12.4 Å². The van der Waals surface area contributed by atoms with E-state index in [-0.39, 0.29) is 5.57 Å². The van der Waals surface area contributed by atoms with E-state index in [2.05, 4.69) is 31.2 Å². The number of nitrogens with zero attached hydrogens (tertiary/aromatic N) is 6. The fourth-order valence-corrected chi connectivity index (χ4v) is 5.56. The number of carbonyl (C=O) groups is 1. The maximum atomic E-state index is 11.3. The number of methoxy groups -OCH3 is 1. The minimum atomic E-state index is -1.01. The lowest BCUT2D eigenvalue weighted by atomic mass is 10.1. The number of nitrogens with one attached hydrogen (secondary N) is 1. The van der Waals surface area contributed by atoms with Crippen LogP contribution in [-0.4, -0.2) is 83.4 Å². The molecule has 37 heavy (non-hydrogen) atoms. The number of aliphatic imine (C=N–C) groups is 1. The Hall–Kier alpha value is -3.61. The van der Waals surface area contributed by atoms with Gasteiger partial charge < -0.3 is 24.8 Å². The number of pyridine rings is 1. The van der Waals surface area contributed by atoms with Crippen LogP contribution in [-0.2, 0) is 16.1 Å². The molecule has 3 aromatic rings. The van der Waals surface area contributed by atoms with Gasteiger partial charge in [-0.15, -0.1) is 11.3 Å². The van der Waals surface area contributed by atoms with Gasteiger partial charge in [0, 0.05) is 61.2 Å².